The lowest BCUT2D eigenvalue weighted by Gasteiger charge is -2.13. The molecular formula is C19H19N3O2. The molecule has 0 atom stereocenters. The highest BCUT2D eigenvalue weighted by Crippen LogP contribution is 2.24. The highest BCUT2D eigenvalue weighted by atomic mass is 16.3. The Morgan fingerprint density at radius 1 is 1.12 bits per heavy atom. The third-order valence-corrected chi connectivity index (χ3v) is 3.75. The van der Waals surface area contributed by atoms with Crippen LogP contribution in [0.5, 0.6) is 0 Å². The topological polar surface area (TPSA) is 67.2 Å². The maximum absolute atomic E-state index is 12.3. The van der Waals surface area contributed by atoms with Gasteiger partial charge in [0.2, 0.25) is 0 Å². The smallest absolute Gasteiger partial charge is 0.253 e. The van der Waals surface area contributed by atoms with Gasteiger partial charge in [-0.15, -0.1) is 0 Å². The number of aryl methyl sites for hydroxylation is 2. The van der Waals surface area contributed by atoms with Crippen molar-refractivity contribution in [2.45, 2.75) is 20.4 Å². The molecule has 1 amide bonds. The number of hydrogen-bond acceptors (Lipinski definition) is 4. The summed E-state index contributed by atoms with van der Waals surface area (Å²) in [7, 11) is 0. The molecule has 24 heavy (non-hydrogen) atoms. The van der Waals surface area contributed by atoms with E-state index in [9.17, 15) is 4.79 Å². The van der Waals surface area contributed by atoms with Crippen molar-refractivity contribution >= 4 is 17.3 Å². The van der Waals surface area contributed by atoms with Gasteiger partial charge in [0.25, 0.3) is 5.91 Å². The first-order valence-electron chi connectivity index (χ1n) is 7.72. The van der Waals surface area contributed by atoms with E-state index >= 15 is 0 Å². The largest absolute Gasteiger partial charge is 0.467 e. The van der Waals surface area contributed by atoms with E-state index < -0.39 is 0 Å². The summed E-state index contributed by atoms with van der Waals surface area (Å²) in [5, 5.41) is 6.16. The molecule has 0 aliphatic carbocycles. The predicted molar refractivity (Wildman–Crippen MR) is 93.3 cm³/mol. The molecule has 3 rings (SSSR count). The van der Waals surface area contributed by atoms with Crippen LogP contribution in [0.3, 0.4) is 0 Å². The number of para-hydroxylation sites is 1. The van der Waals surface area contributed by atoms with E-state index in [-0.39, 0.29) is 5.91 Å². The van der Waals surface area contributed by atoms with E-state index in [0.717, 1.165) is 22.5 Å². The Bertz CT molecular complexity index is 821. The second-order valence-electron chi connectivity index (χ2n) is 5.62. The van der Waals surface area contributed by atoms with E-state index in [4.69, 9.17) is 4.42 Å². The quantitative estimate of drug-likeness (QED) is 0.746. The molecule has 0 bridgehead atoms. The molecule has 2 aromatic heterocycles. The second kappa shape index (κ2) is 7.00. The average molecular weight is 321 g/mol. The van der Waals surface area contributed by atoms with Gasteiger partial charge >= 0.3 is 0 Å². The lowest BCUT2D eigenvalue weighted by Crippen LogP contribution is -2.22. The number of nitrogens with zero attached hydrogens (tertiary/aromatic N) is 1. The van der Waals surface area contributed by atoms with Gasteiger partial charge < -0.3 is 15.1 Å². The summed E-state index contributed by atoms with van der Waals surface area (Å²) in [6.07, 6.45) is 4.83. The molecule has 0 fully saturated rings. The van der Waals surface area contributed by atoms with Crippen molar-refractivity contribution < 1.29 is 9.21 Å². The summed E-state index contributed by atoms with van der Waals surface area (Å²) in [6.45, 7) is 4.44. The molecule has 0 saturated heterocycles. The highest BCUT2D eigenvalue weighted by Gasteiger charge is 2.09. The third-order valence-electron chi connectivity index (χ3n) is 3.75. The van der Waals surface area contributed by atoms with Crippen molar-refractivity contribution in [3.05, 3.63) is 77.5 Å². The van der Waals surface area contributed by atoms with Gasteiger partial charge in [-0.25, -0.2) is 0 Å². The van der Waals surface area contributed by atoms with Crippen LogP contribution < -0.4 is 10.6 Å². The first kappa shape index (κ1) is 15.8. The van der Waals surface area contributed by atoms with Crippen molar-refractivity contribution in [1.82, 2.24) is 10.3 Å². The van der Waals surface area contributed by atoms with Gasteiger partial charge in [0.1, 0.15) is 5.76 Å². The number of furan rings is 1. The number of pyridine rings is 1. The van der Waals surface area contributed by atoms with Crippen LogP contribution in [0.2, 0.25) is 0 Å². The fourth-order valence-corrected chi connectivity index (χ4v) is 2.47. The molecule has 0 radical (unpaired) electrons. The van der Waals surface area contributed by atoms with Crippen molar-refractivity contribution in [3.63, 3.8) is 0 Å². The Hall–Kier alpha value is -3.08. The monoisotopic (exact) mass is 321 g/mol. The number of anilines is 2. The van der Waals surface area contributed by atoms with E-state index in [0.29, 0.717) is 17.9 Å². The van der Waals surface area contributed by atoms with Gasteiger partial charge in [0, 0.05) is 11.9 Å². The number of rotatable bonds is 5. The van der Waals surface area contributed by atoms with Crippen molar-refractivity contribution in [3.8, 4) is 0 Å². The highest BCUT2D eigenvalue weighted by molar-refractivity contribution is 5.94. The Morgan fingerprint density at radius 2 is 1.92 bits per heavy atom. The van der Waals surface area contributed by atoms with Crippen LogP contribution in [0.4, 0.5) is 11.4 Å². The fraction of sp³-hybridized carbons (Fsp3) is 0.158. The van der Waals surface area contributed by atoms with Gasteiger partial charge in [-0.2, -0.15) is 0 Å². The van der Waals surface area contributed by atoms with Crippen LogP contribution in [0.15, 0.2) is 59.5 Å². The van der Waals surface area contributed by atoms with Gasteiger partial charge in [-0.3, -0.25) is 9.78 Å². The second-order valence-corrected chi connectivity index (χ2v) is 5.62. The Morgan fingerprint density at radius 3 is 2.62 bits per heavy atom. The van der Waals surface area contributed by atoms with E-state index in [2.05, 4.69) is 15.6 Å². The van der Waals surface area contributed by atoms with Crippen LogP contribution >= 0.6 is 0 Å². The zero-order valence-electron chi connectivity index (χ0n) is 13.7. The number of carbonyl (C=O) groups is 1. The lowest BCUT2D eigenvalue weighted by atomic mass is 10.1. The maximum atomic E-state index is 12.3. The number of carbonyl (C=O) groups excluding carboxylic acids is 1. The van der Waals surface area contributed by atoms with Gasteiger partial charge in [0.05, 0.1) is 30.3 Å². The number of benzene rings is 1. The zero-order chi connectivity index (χ0) is 16.9. The summed E-state index contributed by atoms with van der Waals surface area (Å²) >= 11 is 0. The summed E-state index contributed by atoms with van der Waals surface area (Å²) in [6, 6.07) is 11.5. The Kier molecular flexibility index (Phi) is 4.61. The summed E-state index contributed by atoms with van der Waals surface area (Å²) in [5.41, 5.74) is 4.59. The molecule has 122 valence electrons. The molecule has 0 aliphatic rings. The standard InChI is InChI=1S/C19H19N3O2/c1-13-5-3-6-14(2)18(13)22-16-9-15(10-20-11-16)19(23)21-12-17-7-4-8-24-17/h3-11,22H,12H2,1-2H3,(H,21,23). The van der Waals surface area contributed by atoms with Gasteiger partial charge in [-0.05, 0) is 43.2 Å². The Labute approximate surface area is 140 Å². The summed E-state index contributed by atoms with van der Waals surface area (Å²) < 4.78 is 5.21. The fourth-order valence-electron chi connectivity index (χ4n) is 2.47. The average Bonchev–Trinajstić information content (AvgIpc) is 3.10. The summed E-state index contributed by atoms with van der Waals surface area (Å²) in [5.74, 6) is 0.519. The van der Waals surface area contributed by atoms with Gasteiger partial charge in [-0.1, -0.05) is 18.2 Å². The number of nitrogens with one attached hydrogen (secondary N) is 2. The maximum Gasteiger partial charge on any atom is 0.253 e. The Balaban J connectivity index is 1.73. The number of aromatic nitrogens is 1. The van der Waals surface area contributed by atoms with Crippen LogP contribution in [-0.4, -0.2) is 10.9 Å². The first-order valence-corrected chi connectivity index (χ1v) is 7.72. The molecule has 2 heterocycles. The van der Waals surface area contributed by atoms with Crippen LogP contribution in [-0.2, 0) is 6.54 Å². The molecule has 0 unspecified atom stereocenters. The van der Waals surface area contributed by atoms with Gasteiger partial charge in [0.15, 0.2) is 0 Å². The molecule has 0 aliphatic heterocycles. The van der Waals surface area contributed by atoms with Crippen molar-refractivity contribution in [1.29, 1.82) is 0 Å². The predicted octanol–water partition coefficient (Wildman–Crippen LogP) is 3.97. The third kappa shape index (κ3) is 3.63. The minimum absolute atomic E-state index is 0.191. The molecule has 3 aromatic rings. The zero-order valence-corrected chi connectivity index (χ0v) is 13.7. The molecule has 2 N–H and O–H groups in total. The molecule has 5 nitrogen and oxygen atoms in total. The molecule has 1 aromatic carbocycles. The SMILES string of the molecule is Cc1cccc(C)c1Nc1cncc(C(=O)NCc2ccco2)c1. The molecular weight excluding hydrogens is 302 g/mol. The lowest BCUT2D eigenvalue weighted by molar-refractivity contribution is 0.0947. The normalized spacial score (nSPS) is 10.4. The van der Waals surface area contributed by atoms with Crippen molar-refractivity contribution in [2.75, 3.05) is 5.32 Å². The molecule has 0 saturated carbocycles. The first-order chi connectivity index (χ1) is 11.6. The number of hydrogen-bond donors (Lipinski definition) is 2. The summed E-state index contributed by atoms with van der Waals surface area (Å²) in [4.78, 5) is 16.4. The van der Waals surface area contributed by atoms with Crippen LogP contribution in [0.25, 0.3) is 0 Å². The van der Waals surface area contributed by atoms with Crippen molar-refractivity contribution in [2.24, 2.45) is 0 Å². The van der Waals surface area contributed by atoms with Crippen LogP contribution in [0, 0.1) is 13.8 Å². The minimum atomic E-state index is -0.191. The molecule has 5 heteroatoms. The molecule has 0 spiro atoms. The number of amides is 1. The van der Waals surface area contributed by atoms with E-state index in [1.54, 1.807) is 30.8 Å². The van der Waals surface area contributed by atoms with E-state index in [1.807, 2.05) is 38.1 Å². The van der Waals surface area contributed by atoms with E-state index in [1.165, 1.54) is 0 Å². The minimum Gasteiger partial charge on any atom is -0.467 e. The van der Waals surface area contributed by atoms with Crippen LogP contribution in [0.1, 0.15) is 27.2 Å².